The van der Waals surface area contributed by atoms with Gasteiger partial charge in [0.15, 0.2) is 5.11 Å². The van der Waals surface area contributed by atoms with Crippen LogP contribution in [-0.4, -0.2) is 56.9 Å². The Bertz CT molecular complexity index is 527. The summed E-state index contributed by atoms with van der Waals surface area (Å²) in [4.78, 5) is 4.85. The van der Waals surface area contributed by atoms with Gasteiger partial charge in [0, 0.05) is 56.6 Å². The number of nitrogens with zero attached hydrogens (tertiary/aromatic N) is 4. The van der Waals surface area contributed by atoms with Gasteiger partial charge in [-0.3, -0.25) is 9.58 Å². The van der Waals surface area contributed by atoms with Crippen molar-refractivity contribution in [2.45, 2.75) is 58.7 Å². The highest BCUT2D eigenvalue weighted by Crippen LogP contribution is 2.18. The molecule has 1 aliphatic heterocycles. The molecule has 0 bridgehead atoms. The molecule has 2 heterocycles. The summed E-state index contributed by atoms with van der Waals surface area (Å²) in [7, 11) is 0. The molecule has 3 rings (SSSR count). The van der Waals surface area contributed by atoms with Crippen LogP contribution in [0.4, 0.5) is 0 Å². The third-order valence-corrected chi connectivity index (χ3v) is 5.62. The fourth-order valence-corrected chi connectivity index (χ4v) is 3.99. The minimum Gasteiger partial charge on any atom is -0.360 e. The summed E-state index contributed by atoms with van der Waals surface area (Å²) in [6.07, 6.45) is 7.27. The molecule has 1 N–H and O–H groups in total. The van der Waals surface area contributed by atoms with Crippen molar-refractivity contribution in [3.05, 3.63) is 17.5 Å². The van der Waals surface area contributed by atoms with E-state index in [1.807, 2.05) is 6.20 Å². The minimum absolute atomic E-state index is 0.614. The van der Waals surface area contributed by atoms with Crippen molar-refractivity contribution in [1.82, 2.24) is 24.9 Å². The van der Waals surface area contributed by atoms with E-state index in [4.69, 9.17) is 12.2 Å². The van der Waals surface area contributed by atoms with Gasteiger partial charge >= 0.3 is 0 Å². The molecule has 6 heteroatoms. The number of nitrogens with one attached hydrogen (secondary N) is 1. The van der Waals surface area contributed by atoms with Gasteiger partial charge in [0.25, 0.3) is 0 Å². The van der Waals surface area contributed by atoms with Gasteiger partial charge in [-0.05, 0) is 38.9 Å². The number of rotatable bonds is 4. The molecule has 1 aromatic heterocycles. The molecule has 1 saturated carbocycles. The van der Waals surface area contributed by atoms with Crippen LogP contribution in [-0.2, 0) is 13.1 Å². The van der Waals surface area contributed by atoms with Crippen molar-refractivity contribution in [1.29, 1.82) is 0 Å². The molecule has 0 atom stereocenters. The molecule has 1 saturated heterocycles. The van der Waals surface area contributed by atoms with Gasteiger partial charge < -0.3 is 10.2 Å². The van der Waals surface area contributed by atoms with Crippen molar-refractivity contribution in [3.8, 4) is 0 Å². The SMILES string of the molecule is CCn1ncc(CN2CCN(C(=S)NC3CCCC3)CC2)c1C. The van der Waals surface area contributed by atoms with Crippen molar-refractivity contribution in [2.24, 2.45) is 0 Å². The van der Waals surface area contributed by atoms with Crippen LogP contribution in [0.1, 0.15) is 43.9 Å². The highest BCUT2D eigenvalue weighted by molar-refractivity contribution is 7.80. The normalized spacial score (nSPS) is 20.2. The zero-order chi connectivity index (χ0) is 16.2. The average Bonchev–Trinajstić information content (AvgIpc) is 3.19. The number of piperazine rings is 1. The second-order valence-electron chi connectivity index (χ2n) is 6.77. The van der Waals surface area contributed by atoms with Crippen molar-refractivity contribution in [2.75, 3.05) is 26.2 Å². The zero-order valence-electron chi connectivity index (χ0n) is 14.4. The molecule has 2 aliphatic rings. The summed E-state index contributed by atoms with van der Waals surface area (Å²) in [5.41, 5.74) is 2.65. The molecule has 0 spiro atoms. The van der Waals surface area contributed by atoms with Crippen LogP contribution in [0.2, 0.25) is 0 Å². The van der Waals surface area contributed by atoms with Crippen LogP contribution >= 0.6 is 12.2 Å². The van der Waals surface area contributed by atoms with Gasteiger partial charge in [-0.25, -0.2) is 0 Å². The minimum atomic E-state index is 0.614. The Morgan fingerprint density at radius 1 is 1.26 bits per heavy atom. The smallest absolute Gasteiger partial charge is 0.169 e. The first-order chi connectivity index (χ1) is 11.2. The predicted molar refractivity (Wildman–Crippen MR) is 97.5 cm³/mol. The van der Waals surface area contributed by atoms with Gasteiger partial charge in [0.2, 0.25) is 0 Å². The second kappa shape index (κ2) is 7.62. The molecule has 0 amide bonds. The van der Waals surface area contributed by atoms with Gasteiger partial charge in [-0.1, -0.05) is 12.8 Å². The average molecular weight is 336 g/mol. The van der Waals surface area contributed by atoms with E-state index in [0.717, 1.165) is 44.4 Å². The fraction of sp³-hybridized carbons (Fsp3) is 0.765. The summed E-state index contributed by atoms with van der Waals surface area (Å²) in [6.45, 7) is 10.5. The Labute approximate surface area is 145 Å². The third-order valence-electron chi connectivity index (χ3n) is 5.24. The van der Waals surface area contributed by atoms with Crippen LogP contribution in [0, 0.1) is 6.92 Å². The van der Waals surface area contributed by atoms with E-state index in [0.29, 0.717) is 6.04 Å². The topological polar surface area (TPSA) is 36.3 Å². The molecular formula is C17H29N5S. The van der Waals surface area contributed by atoms with Crippen LogP contribution in [0.5, 0.6) is 0 Å². The summed E-state index contributed by atoms with van der Waals surface area (Å²) < 4.78 is 2.08. The fourth-order valence-electron chi connectivity index (χ4n) is 3.65. The van der Waals surface area contributed by atoms with Crippen molar-refractivity contribution in [3.63, 3.8) is 0 Å². The monoisotopic (exact) mass is 335 g/mol. The van der Waals surface area contributed by atoms with Gasteiger partial charge in [0.1, 0.15) is 0 Å². The largest absolute Gasteiger partial charge is 0.360 e. The van der Waals surface area contributed by atoms with Gasteiger partial charge in [-0.15, -0.1) is 0 Å². The Balaban J connectivity index is 1.46. The number of hydrogen-bond acceptors (Lipinski definition) is 3. The molecule has 5 nitrogen and oxygen atoms in total. The van der Waals surface area contributed by atoms with Crippen LogP contribution in [0.25, 0.3) is 0 Å². The van der Waals surface area contributed by atoms with E-state index in [1.54, 1.807) is 0 Å². The van der Waals surface area contributed by atoms with Crippen LogP contribution in [0.3, 0.4) is 0 Å². The van der Waals surface area contributed by atoms with Crippen LogP contribution < -0.4 is 5.32 Å². The van der Waals surface area contributed by atoms with Crippen LogP contribution in [0.15, 0.2) is 6.20 Å². The quantitative estimate of drug-likeness (QED) is 0.853. The molecule has 1 aliphatic carbocycles. The van der Waals surface area contributed by atoms with E-state index < -0.39 is 0 Å². The van der Waals surface area contributed by atoms with Crippen molar-refractivity contribution >= 4 is 17.3 Å². The van der Waals surface area contributed by atoms with E-state index in [-0.39, 0.29) is 0 Å². The Morgan fingerprint density at radius 2 is 1.96 bits per heavy atom. The lowest BCUT2D eigenvalue weighted by Gasteiger charge is -2.36. The lowest BCUT2D eigenvalue weighted by molar-refractivity contribution is 0.173. The molecule has 0 aromatic carbocycles. The maximum atomic E-state index is 5.60. The Kier molecular flexibility index (Phi) is 5.54. The highest BCUT2D eigenvalue weighted by Gasteiger charge is 2.22. The van der Waals surface area contributed by atoms with E-state index in [9.17, 15) is 0 Å². The number of aromatic nitrogens is 2. The number of aryl methyl sites for hydroxylation is 1. The molecule has 0 radical (unpaired) electrons. The molecule has 2 fully saturated rings. The van der Waals surface area contributed by atoms with E-state index in [2.05, 4.69) is 38.7 Å². The first-order valence-corrected chi connectivity index (χ1v) is 9.37. The maximum absolute atomic E-state index is 5.60. The van der Waals surface area contributed by atoms with E-state index in [1.165, 1.54) is 36.9 Å². The summed E-state index contributed by atoms with van der Waals surface area (Å²) >= 11 is 5.60. The predicted octanol–water partition coefficient (Wildman–Crippen LogP) is 2.15. The summed E-state index contributed by atoms with van der Waals surface area (Å²) in [5, 5.41) is 8.97. The summed E-state index contributed by atoms with van der Waals surface area (Å²) in [5.74, 6) is 0. The molecule has 1 aromatic rings. The third kappa shape index (κ3) is 4.04. The summed E-state index contributed by atoms with van der Waals surface area (Å²) in [6, 6.07) is 0.614. The number of thiocarbonyl (C=S) groups is 1. The second-order valence-corrected chi connectivity index (χ2v) is 7.15. The molecule has 23 heavy (non-hydrogen) atoms. The van der Waals surface area contributed by atoms with E-state index >= 15 is 0 Å². The molecular weight excluding hydrogens is 306 g/mol. The highest BCUT2D eigenvalue weighted by atomic mass is 32.1. The van der Waals surface area contributed by atoms with Gasteiger partial charge in [-0.2, -0.15) is 5.10 Å². The van der Waals surface area contributed by atoms with Crippen molar-refractivity contribution < 1.29 is 0 Å². The molecule has 128 valence electrons. The Morgan fingerprint density at radius 3 is 2.57 bits per heavy atom. The Hall–Kier alpha value is -1.14. The van der Waals surface area contributed by atoms with Gasteiger partial charge in [0.05, 0.1) is 6.20 Å². The zero-order valence-corrected chi connectivity index (χ0v) is 15.2. The lowest BCUT2D eigenvalue weighted by Crippen LogP contribution is -2.52. The standard InChI is InChI=1S/C17H29N5S/c1-3-22-14(2)15(12-18-22)13-20-8-10-21(11-9-20)17(23)19-16-6-4-5-7-16/h12,16H,3-11,13H2,1-2H3,(H,19,23). The first kappa shape index (κ1) is 16.7. The lowest BCUT2D eigenvalue weighted by atomic mass is 10.2. The molecule has 0 unspecified atom stereocenters. The first-order valence-electron chi connectivity index (χ1n) is 8.96. The number of hydrogen-bond donors (Lipinski definition) is 1. The maximum Gasteiger partial charge on any atom is 0.169 e.